The number of hydrogen-bond acceptors (Lipinski definition) is 4. The number of aromatic amines is 1. The number of aromatic nitrogens is 4. The summed E-state index contributed by atoms with van der Waals surface area (Å²) >= 11 is 3.32. The second kappa shape index (κ2) is 3.93. The van der Waals surface area contributed by atoms with Crippen molar-refractivity contribution in [3.05, 3.63) is 10.9 Å². The average molecular weight is 269 g/mol. The number of H-pyrrole nitrogens is 1. The summed E-state index contributed by atoms with van der Waals surface area (Å²) < 4.78 is 0.663. The van der Waals surface area contributed by atoms with Gasteiger partial charge in [-0.05, 0) is 15.9 Å². The van der Waals surface area contributed by atoms with E-state index in [2.05, 4.69) is 40.9 Å². The molecule has 0 fully saturated rings. The van der Waals surface area contributed by atoms with Gasteiger partial charge in [0.15, 0.2) is 5.65 Å². The molecule has 0 aromatic carbocycles. The largest absolute Gasteiger partial charge is 0.369 e. The summed E-state index contributed by atoms with van der Waals surface area (Å²) in [5.41, 5.74) is 1.38. The zero-order valence-electron chi connectivity index (χ0n) is 8.27. The fourth-order valence-electron chi connectivity index (χ4n) is 1.01. The summed E-state index contributed by atoms with van der Waals surface area (Å²) in [4.78, 5) is 21.2. The molecule has 1 N–H and O–H groups in total. The van der Waals surface area contributed by atoms with E-state index in [1.165, 1.54) is 0 Å². The number of imidazole rings is 1. The molecule has 2 aromatic heterocycles. The normalized spacial score (nSPS) is 11.4. The van der Waals surface area contributed by atoms with Gasteiger partial charge in [0.25, 0.3) is 5.95 Å². The van der Waals surface area contributed by atoms with Crippen LogP contribution in [0.3, 0.4) is 0 Å². The van der Waals surface area contributed by atoms with Gasteiger partial charge in [-0.25, -0.2) is 15.0 Å². The van der Waals surface area contributed by atoms with Crippen LogP contribution < -0.4 is 0 Å². The molecule has 2 heterocycles. The maximum atomic E-state index is 4.16. The van der Waals surface area contributed by atoms with Crippen molar-refractivity contribution in [2.75, 3.05) is 14.1 Å². The molecule has 0 atom stereocenters. The van der Waals surface area contributed by atoms with E-state index in [0.717, 1.165) is 5.52 Å². The van der Waals surface area contributed by atoms with Gasteiger partial charge in [0.2, 0.25) is 0 Å². The van der Waals surface area contributed by atoms with E-state index >= 15 is 0 Å². The van der Waals surface area contributed by atoms with Crippen molar-refractivity contribution in [1.82, 2.24) is 24.8 Å². The minimum Gasteiger partial charge on any atom is -0.369 e. The lowest BCUT2D eigenvalue weighted by Crippen LogP contribution is -2.07. The third-order valence-corrected chi connectivity index (χ3v) is 2.21. The van der Waals surface area contributed by atoms with E-state index in [1.807, 2.05) is 19.0 Å². The van der Waals surface area contributed by atoms with E-state index < -0.39 is 0 Å². The van der Waals surface area contributed by atoms with E-state index in [9.17, 15) is 0 Å². The smallest absolute Gasteiger partial charge is 0.254 e. The number of rotatable bonds is 2. The molecule has 0 amide bonds. The topological polar surface area (TPSA) is 70.1 Å². The Kier molecular flexibility index (Phi) is 2.63. The SMILES string of the molecule is CN(C)/C=N/c1nc(Br)c2[nH]cnc2n1. The molecule has 0 aliphatic heterocycles. The van der Waals surface area contributed by atoms with E-state index in [0.29, 0.717) is 16.2 Å². The molecule has 0 saturated heterocycles. The average Bonchev–Trinajstić information content (AvgIpc) is 2.63. The van der Waals surface area contributed by atoms with Gasteiger partial charge in [0, 0.05) is 14.1 Å². The van der Waals surface area contributed by atoms with Gasteiger partial charge < -0.3 is 9.88 Å². The Hall–Kier alpha value is -1.50. The summed E-state index contributed by atoms with van der Waals surface area (Å²) in [7, 11) is 3.76. The first-order valence-corrected chi connectivity index (χ1v) is 5.03. The van der Waals surface area contributed by atoms with Gasteiger partial charge in [-0.3, -0.25) is 0 Å². The first-order chi connectivity index (χ1) is 7.16. The highest BCUT2D eigenvalue weighted by Gasteiger charge is 2.05. The maximum absolute atomic E-state index is 4.16. The Labute approximate surface area is 94.6 Å². The summed E-state index contributed by atoms with van der Waals surface area (Å²) in [6.07, 6.45) is 3.21. The number of hydrogen-bond donors (Lipinski definition) is 1. The predicted molar refractivity (Wildman–Crippen MR) is 61.2 cm³/mol. The minimum absolute atomic E-state index is 0.384. The molecule has 15 heavy (non-hydrogen) atoms. The van der Waals surface area contributed by atoms with Crippen molar-refractivity contribution in [1.29, 1.82) is 0 Å². The molecule has 0 spiro atoms. The molecule has 0 unspecified atom stereocenters. The second-order valence-corrected chi connectivity index (χ2v) is 3.87. The maximum Gasteiger partial charge on any atom is 0.254 e. The van der Waals surface area contributed by atoms with Crippen LogP contribution in [0.4, 0.5) is 5.95 Å². The van der Waals surface area contributed by atoms with Crippen LogP contribution in [0.1, 0.15) is 0 Å². The van der Waals surface area contributed by atoms with Crippen LogP contribution in [0, 0.1) is 0 Å². The van der Waals surface area contributed by atoms with Crippen molar-refractivity contribution < 1.29 is 0 Å². The van der Waals surface area contributed by atoms with Crippen LogP contribution in [0.5, 0.6) is 0 Å². The Bertz CT molecular complexity index is 503. The zero-order chi connectivity index (χ0) is 10.8. The molecular weight excluding hydrogens is 260 g/mol. The van der Waals surface area contributed by atoms with Crippen molar-refractivity contribution >= 4 is 39.4 Å². The lowest BCUT2D eigenvalue weighted by Gasteiger charge is -2.01. The van der Waals surface area contributed by atoms with E-state index in [-0.39, 0.29) is 0 Å². The quantitative estimate of drug-likeness (QED) is 0.507. The highest BCUT2D eigenvalue weighted by atomic mass is 79.9. The Balaban J connectivity index is 2.45. The molecule has 0 bridgehead atoms. The van der Waals surface area contributed by atoms with Crippen molar-refractivity contribution in [2.24, 2.45) is 4.99 Å². The minimum atomic E-state index is 0.384. The van der Waals surface area contributed by atoms with Gasteiger partial charge in [0.1, 0.15) is 10.1 Å². The molecule has 2 rings (SSSR count). The van der Waals surface area contributed by atoms with Gasteiger partial charge in [-0.2, -0.15) is 4.98 Å². The standard InChI is InChI=1S/C8H9BrN6/c1-15(2)4-12-8-13-6(9)5-7(14-8)11-3-10-5/h3-4H,1-2H3,(H,10,11,13,14)/b12-4+. The molecule has 0 saturated carbocycles. The fourth-order valence-corrected chi connectivity index (χ4v) is 1.46. The predicted octanol–water partition coefficient (Wildman–Crippen LogP) is 1.34. The lowest BCUT2D eigenvalue weighted by molar-refractivity contribution is 0.642. The van der Waals surface area contributed by atoms with Crippen molar-refractivity contribution in [2.45, 2.75) is 0 Å². The van der Waals surface area contributed by atoms with Gasteiger partial charge in [-0.15, -0.1) is 0 Å². The highest BCUT2D eigenvalue weighted by Crippen LogP contribution is 2.19. The molecular formula is C8H9BrN6. The number of fused-ring (bicyclic) bond motifs is 1. The second-order valence-electron chi connectivity index (χ2n) is 3.12. The van der Waals surface area contributed by atoms with Crippen LogP contribution in [0.25, 0.3) is 11.2 Å². The Morgan fingerprint density at radius 3 is 3.00 bits per heavy atom. The van der Waals surface area contributed by atoms with Crippen molar-refractivity contribution in [3.8, 4) is 0 Å². The van der Waals surface area contributed by atoms with Gasteiger partial charge >= 0.3 is 0 Å². The highest BCUT2D eigenvalue weighted by molar-refractivity contribution is 9.10. The Morgan fingerprint density at radius 2 is 2.27 bits per heavy atom. The first-order valence-electron chi connectivity index (χ1n) is 4.24. The number of halogens is 1. The van der Waals surface area contributed by atoms with Crippen LogP contribution in [-0.4, -0.2) is 45.3 Å². The lowest BCUT2D eigenvalue weighted by atomic mass is 10.6. The van der Waals surface area contributed by atoms with E-state index in [1.54, 1.807) is 12.7 Å². The molecule has 0 radical (unpaired) electrons. The molecule has 6 nitrogen and oxygen atoms in total. The van der Waals surface area contributed by atoms with Crippen LogP contribution >= 0.6 is 15.9 Å². The summed E-state index contributed by atoms with van der Waals surface area (Å²) in [6, 6.07) is 0. The number of nitrogens with one attached hydrogen (secondary N) is 1. The summed E-state index contributed by atoms with van der Waals surface area (Å²) in [5, 5.41) is 0. The van der Waals surface area contributed by atoms with Crippen molar-refractivity contribution in [3.63, 3.8) is 0 Å². The van der Waals surface area contributed by atoms with Crippen LogP contribution in [0.2, 0.25) is 0 Å². The molecule has 78 valence electrons. The third kappa shape index (κ3) is 2.12. The van der Waals surface area contributed by atoms with Crippen LogP contribution in [0.15, 0.2) is 15.9 Å². The van der Waals surface area contributed by atoms with E-state index in [4.69, 9.17) is 0 Å². The summed E-state index contributed by atoms with van der Waals surface area (Å²) in [5.74, 6) is 0.384. The first kappa shape index (κ1) is 10.0. The zero-order valence-corrected chi connectivity index (χ0v) is 9.85. The Morgan fingerprint density at radius 1 is 1.47 bits per heavy atom. The molecule has 0 aliphatic carbocycles. The van der Waals surface area contributed by atoms with Gasteiger partial charge in [0.05, 0.1) is 12.7 Å². The molecule has 2 aromatic rings. The van der Waals surface area contributed by atoms with Crippen LogP contribution in [-0.2, 0) is 0 Å². The summed E-state index contributed by atoms with van der Waals surface area (Å²) in [6.45, 7) is 0. The molecule has 0 aliphatic rings. The molecule has 7 heteroatoms. The number of aliphatic imine (C=N–C) groups is 1. The third-order valence-electron chi connectivity index (χ3n) is 1.63. The van der Waals surface area contributed by atoms with Gasteiger partial charge in [-0.1, -0.05) is 0 Å². The fraction of sp³-hybridized carbons (Fsp3) is 0.250. The monoisotopic (exact) mass is 268 g/mol. The number of nitrogens with zero attached hydrogens (tertiary/aromatic N) is 5.